The Labute approximate surface area is 102 Å². The molecule has 0 bridgehead atoms. The summed E-state index contributed by atoms with van der Waals surface area (Å²) < 4.78 is 5.74. The lowest BCUT2D eigenvalue weighted by atomic mass is 10.0. The van der Waals surface area contributed by atoms with Gasteiger partial charge in [0, 0.05) is 19.3 Å². The van der Waals surface area contributed by atoms with Crippen molar-refractivity contribution in [1.29, 1.82) is 0 Å². The van der Waals surface area contributed by atoms with E-state index in [1.54, 1.807) is 6.20 Å². The minimum absolute atomic E-state index is 0.0259. The van der Waals surface area contributed by atoms with Gasteiger partial charge in [-0.25, -0.2) is 9.97 Å². The summed E-state index contributed by atoms with van der Waals surface area (Å²) in [5.41, 5.74) is 6.80. The Morgan fingerprint density at radius 1 is 1.59 bits per heavy atom. The third-order valence-corrected chi connectivity index (χ3v) is 3.20. The molecule has 2 N–H and O–H groups in total. The van der Waals surface area contributed by atoms with Gasteiger partial charge in [-0.1, -0.05) is 6.92 Å². The summed E-state index contributed by atoms with van der Waals surface area (Å²) in [6.07, 6.45) is 1.83. The van der Waals surface area contributed by atoms with Crippen LogP contribution in [0, 0.1) is 6.92 Å². The van der Waals surface area contributed by atoms with Gasteiger partial charge in [0.1, 0.15) is 5.82 Å². The van der Waals surface area contributed by atoms with Gasteiger partial charge in [0.15, 0.2) is 0 Å². The number of aromatic nitrogens is 2. The zero-order chi connectivity index (χ0) is 12.3. The first-order chi connectivity index (χ1) is 8.26. The van der Waals surface area contributed by atoms with E-state index in [1.807, 2.05) is 13.0 Å². The lowest BCUT2D eigenvalue weighted by Gasteiger charge is -2.39. The minimum Gasteiger partial charge on any atom is -0.374 e. The largest absolute Gasteiger partial charge is 0.374 e. The molecular formula is C12H20N4O. The Kier molecular flexibility index (Phi) is 4.04. The zero-order valence-corrected chi connectivity index (χ0v) is 10.5. The van der Waals surface area contributed by atoms with Gasteiger partial charge in [-0.15, -0.1) is 0 Å². The number of hydrogen-bond acceptors (Lipinski definition) is 5. The quantitative estimate of drug-likeness (QED) is 0.828. The fraction of sp³-hybridized carbons (Fsp3) is 0.667. The summed E-state index contributed by atoms with van der Waals surface area (Å²) >= 11 is 0. The number of ether oxygens (including phenoxy) is 1. The van der Waals surface area contributed by atoms with Crippen molar-refractivity contribution in [2.75, 3.05) is 26.2 Å². The van der Waals surface area contributed by atoms with Crippen LogP contribution in [0.25, 0.3) is 0 Å². The highest BCUT2D eigenvalue weighted by Gasteiger charge is 2.32. The van der Waals surface area contributed by atoms with Gasteiger partial charge in [0.2, 0.25) is 0 Å². The Bertz CT molecular complexity index is 359. The lowest BCUT2D eigenvalue weighted by molar-refractivity contribution is -0.0672. The first-order valence-electron chi connectivity index (χ1n) is 6.11. The molecule has 1 saturated heterocycles. The molecule has 1 aromatic heterocycles. The predicted octanol–water partition coefficient (Wildman–Crippen LogP) is 0.506. The molecule has 0 amide bonds. The van der Waals surface area contributed by atoms with Gasteiger partial charge >= 0.3 is 0 Å². The smallest absolute Gasteiger partial charge is 0.125 e. The maximum Gasteiger partial charge on any atom is 0.125 e. The highest BCUT2D eigenvalue weighted by Crippen LogP contribution is 2.27. The minimum atomic E-state index is 0.0259. The van der Waals surface area contributed by atoms with E-state index < -0.39 is 0 Å². The molecule has 1 aliphatic rings. The zero-order valence-electron chi connectivity index (χ0n) is 10.5. The number of morpholine rings is 1. The second-order valence-corrected chi connectivity index (χ2v) is 4.25. The average Bonchev–Trinajstić information content (AvgIpc) is 2.37. The van der Waals surface area contributed by atoms with Gasteiger partial charge in [0.25, 0.3) is 0 Å². The van der Waals surface area contributed by atoms with E-state index in [0.717, 1.165) is 31.2 Å². The SMILES string of the molecule is CCN1CCOC(CN)C1c1ccnc(C)n1. The van der Waals surface area contributed by atoms with Crippen LogP contribution >= 0.6 is 0 Å². The molecular weight excluding hydrogens is 216 g/mol. The van der Waals surface area contributed by atoms with E-state index in [4.69, 9.17) is 10.5 Å². The van der Waals surface area contributed by atoms with Crippen LogP contribution < -0.4 is 5.73 Å². The van der Waals surface area contributed by atoms with Crippen LogP contribution in [0.2, 0.25) is 0 Å². The molecule has 1 aromatic rings. The summed E-state index contributed by atoms with van der Waals surface area (Å²) in [4.78, 5) is 11.0. The molecule has 5 nitrogen and oxygen atoms in total. The van der Waals surface area contributed by atoms with E-state index in [2.05, 4.69) is 21.8 Å². The van der Waals surface area contributed by atoms with Crippen LogP contribution in [0.3, 0.4) is 0 Å². The number of nitrogens with zero attached hydrogens (tertiary/aromatic N) is 3. The van der Waals surface area contributed by atoms with Crippen molar-refractivity contribution >= 4 is 0 Å². The van der Waals surface area contributed by atoms with E-state index >= 15 is 0 Å². The molecule has 0 saturated carbocycles. The Morgan fingerprint density at radius 2 is 2.41 bits per heavy atom. The summed E-state index contributed by atoms with van der Waals surface area (Å²) in [5, 5.41) is 0. The number of aryl methyl sites for hydroxylation is 1. The molecule has 1 fully saturated rings. The third-order valence-electron chi connectivity index (χ3n) is 3.20. The van der Waals surface area contributed by atoms with Crippen molar-refractivity contribution < 1.29 is 4.74 Å². The number of likely N-dealkylation sites (N-methyl/N-ethyl adjacent to an activating group) is 1. The fourth-order valence-corrected chi connectivity index (χ4v) is 2.36. The molecule has 94 valence electrons. The molecule has 2 unspecified atom stereocenters. The summed E-state index contributed by atoms with van der Waals surface area (Å²) in [5.74, 6) is 0.792. The molecule has 2 rings (SSSR count). The Hall–Kier alpha value is -1.04. The van der Waals surface area contributed by atoms with Gasteiger partial charge < -0.3 is 10.5 Å². The monoisotopic (exact) mass is 236 g/mol. The highest BCUT2D eigenvalue weighted by molar-refractivity contribution is 5.11. The normalized spacial score (nSPS) is 26.1. The second-order valence-electron chi connectivity index (χ2n) is 4.25. The molecule has 5 heteroatoms. The first kappa shape index (κ1) is 12.4. The van der Waals surface area contributed by atoms with Crippen molar-refractivity contribution in [3.8, 4) is 0 Å². The fourth-order valence-electron chi connectivity index (χ4n) is 2.36. The van der Waals surface area contributed by atoms with Crippen molar-refractivity contribution in [3.63, 3.8) is 0 Å². The van der Waals surface area contributed by atoms with Gasteiger partial charge in [-0.3, -0.25) is 4.90 Å². The molecule has 0 radical (unpaired) electrons. The number of rotatable bonds is 3. The van der Waals surface area contributed by atoms with Crippen LogP contribution in [0.15, 0.2) is 12.3 Å². The summed E-state index contributed by atoms with van der Waals surface area (Å²) in [7, 11) is 0. The molecule has 2 heterocycles. The lowest BCUT2D eigenvalue weighted by Crippen LogP contribution is -2.48. The van der Waals surface area contributed by atoms with Gasteiger partial charge in [-0.05, 0) is 19.5 Å². The molecule has 1 aliphatic heterocycles. The number of nitrogens with two attached hydrogens (primary N) is 1. The molecule has 0 spiro atoms. The standard InChI is InChI=1S/C12H20N4O/c1-3-16-6-7-17-11(8-13)12(16)10-4-5-14-9(2)15-10/h4-5,11-12H,3,6-8,13H2,1-2H3. The number of hydrogen-bond donors (Lipinski definition) is 1. The van der Waals surface area contributed by atoms with Crippen LogP contribution in [0.4, 0.5) is 0 Å². The summed E-state index contributed by atoms with van der Waals surface area (Å²) in [6.45, 7) is 7.23. The van der Waals surface area contributed by atoms with E-state index in [-0.39, 0.29) is 12.1 Å². The van der Waals surface area contributed by atoms with Crippen molar-refractivity contribution in [2.45, 2.75) is 26.0 Å². The second kappa shape index (κ2) is 5.53. The predicted molar refractivity (Wildman–Crippen MR) is 65.6 cm³/mol. The van der Waals surface area contributed by atoms with Crippen molar-refractivity contribution in [2.24, 2.45) is 5.73 Å². The topological polar surface area (TPSA) is 64.3 Å². The van der Waals surface area contributed by atoms with E-state index in [0.29, 0.717) is 6.54 Å². The Balaban J connectivity index is 2.29. The summed E-state index contributed by atoms with van der Waals surface area (Å²) in [6, 6.07) is 2.11. The van der Waals surface area contributed by atoms with Crippen LogP contribution in [0.5, 0.6) is 0 Å². The average molecular weight is 236 g/mol. The highest BCUT2D eigenvalue weighted by atomic mass is 16.5. The molecule has 17 heavy (non-hydrogen) atoms. The van der Waals surface area contributed by atoms with Crippen LogP contribution in [0.1, 0.15) is 24.5 Å². The Morgan fingerprint density at radius 3 is 3.06 bits per heavy atom. The van der Waals surface area contributed by atoms with Crippen LogP contribution in [-0.2, 0) is 4.74 Å². The molecule has 0 aromatic carbocycles. The van der Waals surface area contributed by atoms with Crippen LogP contribution in [-0.4, -0.2) is 47.2 Å². The molecule has 0 aliphatic carbocycles. The molecule has 2 atom stereocenters. The van der Waals surface area contributed by atoms with Gasteiger partial charge in [0.05, 0.1) is 24.4 Å². The third kappa shape index (κ3) is 2.62. The maximum absolute atomic E-state index is 5.79. The van der Waals surface area contributed by atoms with Crippen molar-refractivity contribution in [1.82, 2.24) is 14.9 Å². The van der Waals surface area contributed by atoms with E-state index in [9.17, 15) is 0 Å². The maximum atomic E-state index is 5.79. The first-order valence-corrected chi connectivity index (χ1v) is 6.11. The van der Waals surface area contributed by atoms with E-state index in [1.165, 1.54) is 0 Å². The van der Waals surface area contributed by atoms with Gasteiger partial charge in [-0.2, -0.15) is 0 Å². The van der Waals surface area contributed by atoms with Crippen molar-refractivity contribution in [3.05, 3.63) is 23.8 Å².